The molecule has 1 aromatic rings. The van der Waals surface area contributed by atoms with Gasteiger partial charge in [0.15, 0.2) is 0 Å². The fourth-order valence-electron chi connectivity index (χ4n) is 3.56. The summed E-state index contributed by atoms with van der Waals surface area (Å²) in [5, 5.41) is 8.95. The summed E-state index contributed by atoms with van der Waals surface area (Å²) >= 11 is 2.12. The number of hydrogen-bond acceptors (Lipinski definition) is 3. The Bertz CT molecular complexity index is 463. The lowest BCUT2D eigenvalue weighted by atomic mass is 9.82. The molecule has 0 saturated heterocycles. The van der Waals surface area contributed by atoms with Gasteiger partial charge in [-0.2, -0.15) is 11.8 Å². The number of benzene rings is 1. The highest BCUT2D eigenvalue weighted by Crippen LogP contribution is 2.31. The van der Waals surface area contributed by atoms with Gasteiger partial charge in [0.2, 0.25) is 0 Å². The molecule has 2 rings (SSSR count). The van der Waals surface area contributed by atoms with Crippen LogP contribution in [0.2, 0.25) is 0 Å². The van der Waals surface area contributed by atoms with Crippen LogP contribution < -0.4 is 5.73 Å². The highest BCUT2D eigenvalue weighted by Gasteiger charge is 2.20. The molecule has 1 aliphatic rings. The molecule has 130 valence electrons. The first kappa shape index (κ1) is 18.8. The van der Waals surface area contributed by atoms with Crippen molar-refractivity contribution in [3.63, 3.8) is 0 Å². The van der Waals surface area contributed by atoms with E-state index in [1.165, 1.54) is 42.8 Å². The Morgan fingerprint density at radius 3 is 2.91 bits per heavy atom. The molecule has 0 amide bonds. The molecule has 0 fully saturated rings. The SMILES string of the molecule is CCCSC[C@@H]1CCc2cc([C@H](CN)CCCCO)ccc2C1. The van der Waals surface area contributed by atoms with E-state index in [0.29, 0.717) is 19.1 Å². The second-order valence-corrected chi connectivity index (χ2v) is 8.01. The summed E-state index contributed by atoms with van der Waals surface area (Å²) in [7, 11) is 0. The van der Waals surface area contributed by atoms with Crippen LogP contribution in [0.1, 0.15) is 61.6 Å². The minimum atomic E-state index is 0.291. The highest BCUT2D eigenvalue weighted by atomic mass is 32.2. The summed E-state index contributed by atoms with van der Waals surface area (Å²) in [6.07, 6.45) is 8.15. The van der Waals surface area contributed by atoms with Crippen molar-refractivity contribution in [1.82, 2.24) is 0 Å². The quantitative estimate of drug-likeness (QED) is 0.632. The molecule has 0 heterocycles. The third-order valence-electron chi connectivity index (χ3n) is 4.98. The molecule has 0 unspecified atom stereocenters. The van der Waals surface area contributed by atoms with Crippen molar-refractivity contribution in [3.05, 3.63) is 34.9 Å². The van der Waals surface area contributed by atoms with Crippen molar-refractivity contribution in [2.75, 3.05) is 24.7 Å². The van der Waals surface area contributed by atoms with Crippen LogP contribution in [0.4, 0.5) is 0 Å². The van der Waals surface area contributed by atoms with Crippen LogP contribution in [0.5, 0.6) is 0 Å². The molecule has 0 aliphatic heterocycles. The predicted molar refractivity (Wildman–Crippen MR) is 102 cm³/mol. The molecule has 1 aliphatic carbocycles. The van der Waals surface area contributed by atoms with E-state index in [1.807, 2.05) is 0 Å². The van der Waals surface area contributed by atoms with E-state index in [2.05, 4.69) is 36.9 Å². The average molecular weight is 336 g/mol. The second-order valence-electron chi connectivity index (χ2n) is 6.86. The van der Waals surface area contributed by atoms with Crippen molar-refractivity contribution in [2.45, 2.75) is 57.8 Å². The molecule has 2 nitrogen and oxygen atoms in total. The van der Waals surface area contributed by atoms with Gasteiger partial charge in [0, 0.05) is 6.61 Å². The van der Waals surface area contributed by atoms with E-state index in [0.717, 1.165) is 25.2 Å². The number of fused-ring (bicyclic) bond motifs is 1. The number of nitrogens with two attached hydrogens (primary N) is 1. The zero-order valence-electron chi connectivity index (χ0n) is 14.6. The van der Waals surface area contributed by atoms with Crippen LogP contribution in [-0.4, -0.2) is 29.8 Å². The van der Waals surface area contributed by atoms with Gasteiger partial charge in [0.1, 0.15) is 0 Å². The molecule has 1 aromatic carbocycles. The van der Waals surface area contributed by atoms with Gasteiger partial charge in [-0.3, -0.25) is 0 Å². The molecule has 2 atom stereocenters. The maximum Gasteiger partial charge on any atom is 0.0431 e. The maximum absolute atomic E-state index is 8.95. The van der Waals surface area contributed by atoms with Crippen molar-refractivity contribution < 1.29 is 5.11 Å². The Kier molecular flexibility index (Phi) is 8.49. The molecule has 0 saturated carbocycles. The van der Waals surface area contributed by atoms with Crippen molar-refractivity contribution in [3.8, 4) is 0 Å². The van der Waals surface area contributed by atoms with E-state index in [1.54, 1.807) is 11.1 Å². The van der Waals surface area contributed by atoms with Gasteiger partial charge in [-0.1, -0.05) is 31.5 Å². The number of aryl methyl sites for hydroxylation is 1. The molecule has 3 heteroatoms. The van der Waals surface area contributed by atoms with Crippen LogP contribution >= 0.6 is 11.8 Å². The molecule has 0 spiro atoms. The Morgan fingerprint density at radius 2 is 2.17 bits per heavy atom. The van der Waals surface area contributed by atoms with Crippen molar-refractivity contribution >= 4 is 11.8 Å². The zero-order chi connectivity index (χ0) is 16.5. The second kappa shape index (κ2) is 10.4. The molecular weight excluding hydrogens is 302 g/mol. The summed E-state index contributed by atoms with van der Waals surface area (Å²) in [6, 6.07) is 7.08. The minimum absolute atomic E-state index is 0.291. The lowest BCUT2D eigenvalue weighted by Gasteiger charge is -2.26. The van der Waals surface area contributed by atoms with E-state index < -0.39 is 0 Å². The fourth-order valence-corrected chi connectivity index (χ4v) is 4.64. The molecule has 0 radical (unpaired) electrons. The first-order valence-corrected chi connectivity index (χ1v) is 10.4. The van der Waals surface area contributed by atoms with Crippen LogP contribution in [0, 0.1) is 5.92 Å². The number of unbranched alkanes of at least 4 members (excludes halogenated alkanes) is 1. The predicted octanol–water partition coefficient (Wildman–Crippen LogP) is 4.14. The summed E-state index contributed by atoms with van der Waals surface area (Å²) < 4.78 is 0. The molecular formula is C20H33NOS. The van der Waals surface area contributed by atoms with Gasteiger partial charge in [-0.15, -0.1) is 0 Å². The highest BCUT2D eigenvalue weighted by molar-refractivity contribution is 7.99. The maximum atomic E-state index is 8.95. The van der Waals surface area contributed by atoms with E-state index in [9.17, 15) is 0 Å². The number of hydrogen-bond donors (Lipinski definition) is 2. The van der Waals surface area contributed by atoms with E-state index >= 15 is 0 Å². The summed E-state index contributed by atoms with van der Waals surface area (Å²) in [4.78, 5) is 0. The largest absolute Gasteiger partial charge is 0.396 e. The Hall–Kier alpha value is -0.510. The minimum Gasteiger partial charge on any atom is -0.396 e. The van der Waals surface area contributed by atoms with Gasteiger partial charge >= 0.3 is 0 Å². The third-order valence-corrected chi connectivity index (χ3v) is 6.38. The third kappa shape index (κ3) is 5.81. The standard InChI is InChI=1S/C20H33NOS/c1-2-11-23-15-16-6-7-18-13-19(9-8-17(18)12-16)20(14-21)5-3-4-10-22/h8-9,13,16,20,22H,2-7,10-12,14-15,21H2,1H3/t16-,20+/m1/s1. The van der Waals surface area contributed by atoms with E-state index in [-0.39, 0.29) is 0 Å². The van der Waals surface area contributed by atoms with Gasteiger partial charge in [0.05, 0.1) is 0 Å². The molecule has 3 N–H and O–H groups in total. The van der Waals surface area contributed by atoms with Crippen molar-refractivity contribution in [1.29, 1.82) is 0 Å². The first-order chi connectivity index (χ1) is 11.3. The van der Waals surface area contributed by atoms with Crippen molar-refractivity contribution in [2.24, 2.45) is 11.7 Å². The lowest BCUT2D eigenvalue weighted by Crippen LogP contribution is -2.18. The lowest BCUT2D eigenvalue weighted by molar-refractivity contribution is 0.281. The molecule has 0 aromatic heterocycles. The topological polar surface area (TPSA) is 46.2 Å². The normalized spacial score (nSPS) is 18.7. The smallest absolute Gasteiger partial charge is 0.0431 e. The first-order valence-electron chi connectivity index (χ1n) is 9.28. The summed E-state index contributed by atoms with van der Waals surface area (Å²) in [6.45, 7) is 3.26. The Morgan fingerprint density at radius 1 is 1.30 bits per heavy atom. The van der Waals surface area contributed by atoms with Crippen LogP contribution in [0.25, 0.3) is 0 Å². The monoisotopic (exact) mass is 335 g/mol. The summed E-state index contributed by atoms with van der Waals surface area (Å²) in [5.41, 5.74) is 10.5. The van der Waals surface area contributed by atoms with Crippen LogP contribution in [-0.2, 0) is 12.8 Å². The number of aliphatic hydroxyl groups excluding tert-OH is 1. The van der Waals surface area contributed by atoms with Crippen LogP contribution in [0.3, 0.4) is 0 Å². The molecule has 0 bridgehead atoms. The van der Waals surface area contributed by atoms with Gasteiger partial charge in [-0.25, -0.2) is 0 Å². The van der Waals surface area contributed by atoms with Crippen LogP contribution in [0.15, 0.2) is 18.2 Å². The Balaban J connectivity index is 1.94. The Labute approximate surface area is 146 Å². The van der Waals surface area contributed by atoms with Gasteiger partial charge in [0.25, 0.3) is 0 Å². The number of thioether (sulfide) groups is 1. The zero-order valence-corrected chi connectivity index (χ0v) is 15.4. The van der Waals surface area contributed by atoms with Gasteiger partial charge < -0.3 is 10.8 Å². The van der Waals surface area contributed by atoms with Gasteiger partial charge in [-0.05, 0) is 85.1 Å². The summed E-state index contributed by atoms with van der Waals surface area (Å²) in [5.74, 6) is 3.93. The number of aliphatic hydroxyl groups is 1. The van der Waals surface area contributed by atoms with E-state index in [4.69, 9.17) is 10.8 Å². The average Bonchev–Trinajstić information content (AvgIpc) is 2.59. The molecule has 23 heavy (non-hydrogen) atoms. The number of rotatable bonds is 10. The fraction of sp³-hybridized carbons (Fsp3) is 0.700.